The molecular weight excluding hydrogens is 316 g/mol. The van der Waals surface area contributed by atoms with E-state index in [9.17, 15) is 4.79 Å². The number of amides is 1. The van der Waals surface area contributed by atoms with Crippen LogP contribution in [0.1, 0.15) is 43.1 Å². The van der Waals surface area contributed by atoms with Crippen molar-refractivity contribution < 1.29 is 4.79 Å². The SMILES string of the molecule is Cc1cc(C)n([C@H]2CCCN(C(=O)CCCNc3ncccn3)C2)n1. The zero-order chi connectivity index (χ0) is 17.6. The van der Waals surface area contributed by atoms with E-state index in [1.807, 2.05) is 11.8 Å². The summed E-state index contributed by atoms with van der Waals surface area (Å²) in [5.41, 5.74) is 2.21. The first-order chi connectivity index (χ1) is 12.1. The predicted octanol–water partition coefficient (Wildman–Crippen LogP) is 2.35. The van der Waals surface area contributed by atoms with E-state index in [1.54, 1.807) is 18.5 Å². The van der Waals surface area contributed by atoms with Gasteiger partial charge in [-0.15, -0.1) is 0 Å². The van der Waals surface area contributed by atoms with Crippen LogP contribution in [0.25, 0.3) is 0 Å². The van der Waals surface area contributed by atoms with E-state index >= 15 is 0 Å². The van der Waals surface area contributed by atoms with Crippen molar-refractivity contribution in [1.82, 2.24) is 24.6 Å². The van der Waals surface area contributed by atoms with Crippen molar-refractivity contribution in [3.8, 4) is 0 Å². The van der Waals surface area contributed by atoms with Crippen LogP contribution in [-0.2, 0) is 4.79 Å². The van der Waals surface area contributed by atoms with Gasteiger partial charge in [0, 0.05) is 44.1 Å². The van der Waals surface area contributed by atoms with E-state index in [0.717, 1.165) is 38.0 Å². The van der Waals surface area contributed by atoms with Gasteiger partial charge in [-0.25, -0.2) is 9.97 Å². The van der Waals surface area contributed by atoms with Gasteiger partial charge in [-0.3, -0.25) is 9.48 Å². The van der Waals surface area contributed by atoms with Crippen LogP contribution in [0, 0.1) is 13.8 Å². The van der Waals surface area contributed by atoms with Gasteiger partial charge in [-0.05, 0) is 45.2 Å². The maximum Gasteiger partial charge on any atom is 0.222 e. The number of hydrogen-bond donors (Lipinski definition) is 1. The third kappa shape index (κ3) is 4.55. The molecule has 0 aliphatic carbocycles. The highest BCUT2D eigenvalue weighted by Gasteiger charge is 2.25. The van der Waals surface area contributed by atoms with E-state index in [2.05, 4.69) is 38.1 Å². The molecular formula is C18H26N6O. The first-order valence-corrected chi connectivity index (χ1v) is 8.95. The quantitative estimate of drug-likeness (QED) is 0.816. The number of piperidine rings is 1. The van der Waals surface area contributed by atoms with Gasteiger partial charge >= 0.3 is 0 Å². The number of rotatable bonds is 6. The Morgan fingerprint density at radius 1 is 1.32 bits per heavy atom. The maximum absolute atomic E-state index is 12.5. The van der Waals surface area contributed by atoms with E-state index < -0.39 is 0 Å². The van der Waals surface area contributed by atoms with E-state index in [0.29, 0.717) is 25.0 Å². The highest BCUT2D eigenvalue weighted by molar-refractivity contribution is 5.76. The van der Waals surface area contributed by atoms with Crippen LogP contribution in [0.2, 0.25) is 0 Å². The van der Waals surface area contributed by atoms with Crippen molar-refractivity contribution in [2.75, 3.05) is 25.0 Å². The zero-order valence-corrected chi connectivity index (χ0v) is 15.0. The number of nitrogens with zero attached hydrogens (tertiary/aromatic N) is 5. The smallest absolute Gasteiger partial charge is 0.222 e. The summed E-state index contributed by atoms with van der Waals surface area (Å²) >= 11 is 0. The number of carbonyl (C=O) groups is 1. The number of aromatic nitrogens is 4. The summed E-state index contributed by atoms with van der Waals surface area (Å²) in [6.45, 7) is 6.40. The van der Waals surface area contributed by atoms with Gasteiger partial charge in [-0.1, -0.05) is 0 Å². The number of hydrogen-bond acceptors (Lipinski definition) is 5. The lowest BCUT2D eigenvalue weighted by Gasteiger charge is -2.33. The molecule has 0 unspecified atom stereocenters. The second kappa shape index (κ2) is 8.09. The largest absolute Gasteiger partial charge is 0.354 e. The Hall–Kier alpha value is -2.44. The number of anilines is 1. The molecule has 1 aliphatic heterocycles. The summed E-state index contributed by atoms with van der Waals surface area (Å²) in [5, 5.41) is 7.73. The fourth-order valence-electron chi connectivity index (χ4n) is 3.38. The van der Waals surface area contributed by atoms with Crippen LogP contribution >= 0.6 is 0 Å². The van der Waals surface area contributed by atoms with E-state index in [1.165, 1.54) is 5.69 Å². The van der Waals surface area contributed by atoms with Gasteiger partial charge in [0.05, 0.1) is 11.7 Å². The Kier molecular flexibility index (Phi) is 5.63. The molecule has 3 heterocycles. The van der Waals surface area contributed by atoms with Crippen LogP contribution in [0.5, 0.6) is 0 Å². The van der Waals surface area contributed by atoms with Gasteiger partial charge in [-0.2, -0.15) is 5.10 Å². The molecule has 25 heavy (non-hydrogen) atoms. The van der Waals surface area contributed by atoms with Crippen molar-refractivity contribution in [3.05, 3.63) is 35.9 Å². The fraction of sp³-hybridized carbons (Fsp3) is 0.556. The second-order valence-corrected chi connectivity index (χ2v) is 6.61. The number of carbonyl (C=O) groups excluding carboxylic acids is 1. The molecule has 0 bridgehead atoms. The Balaban J connectivity index is 1.46. The third-order valence-electron chi connectivity index (χ3n) is 4.56. The summed E-state index contributed by atoms with van der Waals surface area (Å²) in [5.74, 6) is 0.833. The van der Waals surface area contributed by atoms with Crippen molar-refractivity contribution >= 4 is 11.9 Å². The summed E-state index contributed by atoms with van der Waals surface area (Å²) < 4.78 is 2.09. The summed E-state index contributed by atoms with van der Waals surface area (Å²) in [6, 6.07) is 4.17. The van der Waals surface area contributed by atoms with Gasteiger partial charge in [0.2, 0.25) is 11.9 Å². The van der Waals surface area contributed by atoms with Crippen LogP contribution in [0.15, 0.2) is 24.5 Å². The minimum atomic E-state index is 0.224. The normalized spacial score (nSPS) is 17.5. The van der Waals surface area contributed by atoms with Crippen LogP contribution < -0.4 is 5.32 Å². The summed E-state index contributed by atoms with van der Waals surface area (Å²) in [4.78, 5) is 22.7. The van der Waals surface area contributed by atoms with Gasteiger partial charge in [0.1, 0.15) is 0 Å². The summed E-state index contributed by atoms with van der Waals surface area (Å²) in [7, 11) is 0. The molecule has 2 aromatic heterocycles. The lowest BCUT2D eigenvalue weighted by Crippen LogP contribution is -2.41. The summed E-state index contributed by atoms with van der Waals surface area (Å²) in [6.07, 6.45) is 6.84. The molecule has 1 atom stereocenters. The van der Waals surface area contributed by atoms with Crippen molar-refractivity contribution in [1.29, 1.82) is 0 Å². The molecule has 0 radical (unpaired) electrons. The number of aryl methyl sites for hydroxylation is 2. The monoisotopic (exact) mass is 342 g/mol. The molecule has 2 aromatic rings. The molecule has 7 nitrogen and oxygen atoms in total. The Morgan fingerprint density at radius 3 is 2.84 bits per heavy atom. The molecule has 0 aromatic carbocycles. The zero-order valence-electron chi connectivity index (χ0n) is 15.0. The first kappa shape index (κ1) is 17.4. The fourth-order valence-corrected chi connectivity index (χ4v) is 3.38. The predicted molar refractivity (Wildman–Crippen MR) is 96.3 cm³/mol. The van der Waals surface area contributed by atoms with Crippen molar-refractivity contribution in [3.63, 3.8) is 0 Å². The molecule has 3 rings (SSSR count). The average Bonchev–Trinajstić information content (AvgIpc) is 2.98. The maximum atomic E-state index is 12.5. The molecule has 1 aliphatic rings. The molecule has 0 saturated carbocycles. The van der Waals surface area contributed by atoms with Crippen LogP contribution in [-0.4, -0.2) is 50.2 Å². The molecule has 1 amide bonds. The lowest BCUT2D eigenvalue weighted by atomic mass is 10.0. The molecule has 1 saturated heterocycles. The van der Waals surface area contributed by atoms with Crippen LogP contribution in [0.3, 0.4) is 0 Å². The number of likely N-dealkylation sites (tertiary alicyclic amines) is 1. The van der Waals surface area contributed by atoms with Crippen LogP contribution in [0.4, 0.5) is 5.95 Å². The Morgan fingerprint density at radius 2 is 2.12 bits per heavy atom. The topological polar surface area (TPSA) is 75.9 Å². The number of nitrogens with one attached hydrogen (secondary N) is 1. The van der Waals surface area contributed by atoms with Gasteiger partial charge < -0.3 is 10.2 Å². The van der Waals surface area contributed by atoms with E-state index in [4.69, 9.17) is 0 Å². The molecule has 134 valence electrons. The molecule has 7 heteroatoms. The van der Waals surface area contributed by atoms with Gasteiger partial charge in [0.25, 0.3) is 0 Å². The molecule has 0 spiro atoms. The van der Waals surface area contributed by atoms with Crippen molar-refractivity contribution in [2.45, 2.75) is 45.6 Å². The average molecular weight is 342 g/mol. The minimum absolute atomic E-state index is 0.224. The first-order valence-electron chi connectivity index (χ1n) is 8.95. The van der Waals surface area contributed by atoms with Crippen molar-refractivity contribution in [2.24, 2.45) is 0 Å². The highest BCUT2D eigenvalue weighted by atomic mass is 16.2. The Labute approximate surface area is 148 Å². The highest BCUT2D eigenvalue weighted by Crippen LogP contribution is 2.23. The molecule has 1 fully saturated rings. The Bertz CT molecular complexity index is 699. The lowest BCUT2D eigenvalue weighted by molar-refractivity contribution is -0.132. The molecule has 1 N–H and O–H groups in total. The second-order valence-electron chi connectivity index (χ2n) is 6.61. The minimum Gasteiger partial charge on any atom is -0.354 e. The van der Waals surface area contributed by atoms with E-state index in [-0.39, 0.29) is 5.91 Å². The standard InChI is InChI=1S/C18H26N6O/c1-14-12-15(2)24(22-14)16-6-4-11-23(13-16)17(25)7-3-8-19-18-20-9-5-10-21-18/h5,9-10,12,16H,3-4,6-8,11,13H2,1-2H3,(H,19,20,21)/t16-/m0/s1. The van der Waals surface area contributed by atoms with Gasteiger partial charge in [0.15, 0.2) is 0 Å². The third-order valence-corrected chi connectivity index (χ3v) is 4.56.